The summed E-state index contributed by atoms with van der Waals surface area (Å²) in [7, 11) is 1.09. The number of carbonyl (C=O) groups excluding carboxylic acids is 1. The van der Waals surface area contributed by atoms with E-state index >= 15 is 0 Å². The molecule has 2 N–H and O–H groups in total. The minimum Gasteiger partial charge on any atom is -0.497 e. The quantitative estimate of drug-likeness (QED) is 0.461. The second-order valence-electron chi connectivity index (χ2n) is 7.19. The van der Waals surface area contributed by atoms with Crippen molar-refractivity contribution in [1.82, 2.24) is 24.4 Å². The number of hydrogen-bond acceptors (Lipinski definition) is 6. The van der Waals surface area contributed by atoms with Gasteiger partial charge in [-0.1, -0.05) is 12.1 Å². The summed E-state index contributed by atoms with van der Waals surface area (Å²) in [6.07, 6.45) is 0.212. The number of sulfonamides is 1. The SMILES string of the molecule is COc1ccc(-c2n[nH]c(=S)n2CCC(=O)NCc2ccc(S(=O)(=O)N(C)C)cc2)cc1. The third-order valence-electron chi connectivity index (χ3n) is 4.86. The summed E-state index contributed by atoms with van der Waals surface area (Å²) in [5.41, 5.74) is 1.65. The summed E-state index contributed by atoms with van der Waals surface area (Å²) in [5.74, 6) is 1.23. The first-order valence-electron chi connectivity index (χ1n) is 9.80. The summed E-state index contributed by atoms with van der Waals surface area (Å²) in [6.45, 7) is 0.659. The van der Waals surface area contributed by atoms with Crippen LogP contribution in [0, 0.1) is 4.77 Å². The molecular formula is C21H25N5O4S2. The van der Waals surface area contributed by atoms with Crippen LogP contribution < -0.4 is 10.1 Å². The van der Waals surface area contributed by atoms with Gasteiger partial charge in [-0.25, -0.2) is 12.7 Å². The molecule has 3 rings (SSSR count). The van der Waals surface area contributed by atoms with Gasteiger partial charge in [0.2, 0.25) is 15.9 Å². The molecule has 9 nitrogen and oxygen atoms in total. The highest BCUT2D eigenvalue weighted by molar-refractivity contribution is 7.89. The highest BCUT2D eigenvalue weighted by Crippen LogP contribution is 2.21. The molecule has 11 heteroatoms. The molecule has 0 saturated heterocycles. The molecule has 2 aromatic carbocycles. The van der Waals surface area contributed by atoms with Crippen LogP contribution in [0.25, 0.3) is 11.4 Å². The first-order valence-corrected chi connectivity index (χ1v) is 11.6. The van der Waals surface area contributed by atoms with Crippen LogP contribution in [0.4, 0.5) is 0 Å². The van der Waals surface area contributed by atoms with Crippen molar-refractivity contribution in [2.45, 2.75) is 24.4 Å². The van der Waals surface area contributed by atoms with Crippen molar-refractivity contribution in [1.29, 1.82) is 0 Å². The molecule has 0 aliphatic heterocycles. The molecule has 1 aromatic heterocycles. The number of hydrogen-bond donors (Lipinski definition) is 2. The molecule has 3 aromatic rings. The van der Waals surface area contributed by atoms with Gasteiger partial charge < -0.3 is 10.1 Å². The van der Waals surface area contributed by atoms with Gasteiger partial charge in [0.25, 0.3) is 0 Å². The molecule has 0 unspecified atom stereocenters. The number of benzene rings is 2. The summed E-state index contributed by atoms with van der Waals surface area (Å²) in [6, 6.07) is 13.8. The van der Waals surface area contributed by atoms with E-state index in [1.165, 1.54) is 26.2 Å². The molecule has 0 atom stereocenters. The van der Waals surface area contributed by atoms with Crippen LogP contribution in [0.5, 0.6) is 5.75 Å². The number of H-pyrrole nitrogens is 1. The Morgan fingerprint density at radius 2 is 1.81 bits per heavy atom. The zero-order valence-corrected chi connectivity index (χ0v) is 19.7. The molecule has 0 fully saturated rings. The minimum absolute atomic E-state index is 0.154. The number of aromatic amines is 1. The summed E-state index contributed by atoms with van der Waals surface area (Å²) in [5, 5.41) is 9.89. The van der Waals surface area contributed by atoms with Crippen molar-refractivity contribution in [3.05, 3.63) is 58.9 Å². The number of rotatable bonds is 9. The van der Waals surface area contributed by atoms with Crippen molar-refractivity contribution < 1.29 is 17.9 Å². The predicted octanol–water partition coefficient (Wildman–Crippen LogP) is 2.57. The Bertz CT molecular complexity index is 1230. The van der Waals surface area contributed by atoms with E-state index in [2.05, 4.69) is 15.5 Å². The van der Waals surface area contributed by atoms with E-state index in [1.807, 2.05) is 24.3 Å². The molecule has 0 aliphatic carbocycles. The molecule has 1 amide bonds. The van der Waals surface area contributed by atoms with Gasteiger partial charge in [0.1, 0.15) is 5.75 Å². The Balaban J connectivity index is 1.59. The second kappa shape index (κ2) is 10.1. The molecule has 0 aliphatic rings. The number of nitrogens with zero attached hydrogens (tertiary/aromatic N) is 3. The van der Waals surface area contributed by atoms with Crippen molar-refractivity contribution in [3.63, 3.8) is 0 Å². The monoisotopic (exact) mass is 475 g/mol. The van der Waals surface area contributed by atoms with Crippen LogP contribution in [-0.4, -0.2) is 54.6 Å². The van der Waals surface area contributed by atoms with Crippen LogP contribution in [0.3, 0.4) is 0 Å². The van der Waals surface area contributed by atoms with Crippen LogP contribution in [0.1, 0.15) is 12.0 Å². The number of nitrogens with one attached hydrogen (secondary N) is 2. The van der Waals surface area contributed by atoms with Gasteiger partial charge in [-0.05, 0) is 54.2 Å². The number of carbonyl (C=O) groups is 1. The summed E-state index contributed by atoms with van der Waals surface area (Å²) in [4.78, 5) is 12.6. The first kappa shape index (κ1) is 23.6. The van der Waals surface area contributed by atoms with Crippen LogP contribution in [0.2, 0.25) is 0 Å². The number of aromatic nitrogens is 3. The van der Waals surface area contributed by atoms with Gasteiger partial charge in [0.15, 0.2) is 10.6 Å². The highest BCUT2D eigenvalue weighted by Gasteiger charge is 2.16. The lowest BCUT2D eigenvalue weighted by Crippen LogP contribution is -2.24. The number of methoxy groups -OCH3 is 1. The molecular weight excluding hydrogens is 450 g/mol. The lowest BCUT2D eigenvalue weighted by Gasteiger charge is -2.12. The average Bonchev–Trinajstić information content (AvgIpc) is 3.16. The van der Waals surface area contributed by atoms with Crippen LogP contribution >= 0.6 is 12.2 Å². The minimum atomic E-state index is -3.48. The summed E-state index contributed by atoms with van der Waals surface area (Å²) >= 11 is 5.31. The smallest absolute Gasteiger partial charge is 0.242 e. The number of amides is 1. The zero-order chi connectivity index (χ0) is 23.3. The molecule has 1 heterocycles. The first-order chi connectivity index (χ1) is 15.2. The standard InChI is InChI=1S/C21H25N5O4S2/c1-25(2)32(28,29)18-10-4-15(5-11-18)14-22-19(27)12-13-26-20(23-24-21(26)31)16-6-8-17(30-3)9-7-16/h4-11H,12-14H2,1-3H3,(H,22,27)(H,24,31). The van der Waals surface area contributed by atoms with Gasteiger partial charge >= 0.3 is 0 Å². The van der Waals surface area contributed by atoms with Gasteiger partial charge in [-0.2, -0.15) is 5.10 Å². The fraction of sp³-hybridized carbons (Fsp3) is 0.286. The maximum absolute atomic E-state index is 12.4. The molecule has 0 radical (unpaired) electrons. The third kappa shape index (κ3) is 5.42. The van der Waals surface area contributed by atoms with E-state index < -0.39 is 10.0 Å². The lowest BCUT2D eigenvalue weighted by atomic mass is 10.2. The lowest BCUT2D eigenvalue weighted by molar-refractivity contribution is -0.121. The second-order valence-corrected chi connectivity index (χ2v) is 9.73. The van der Waals surface area contributed by atoms with E-state index in [0.717, 1.165) is 21.2 Å². The van der Waals surface area contributed by atoms with E-state index in [-0.39, 0.29) is 17.2 Å². The topological polar surface area (TPSA) is 109 Å². The Hall–Kier alpha value is -3.02. The summed E-state index contributed by atoms with van der Waals surface area (Å²) < 4.78 is 32.8. The van der Waals surface area contributed by atoms with E-state index in [4.69, 9.17) is 17.0 Å². The molecule has 0 bridgehead atoms. The van der Waals surface area contributed by atoms with Crippen molar-refractivity contribution in [2.24, 2.45) is 0 Å². The van der Waals surface area contributed by atoms with E-state index in [0.29, 0.717) is 23.7 Å². The van der Waals surface area contributed by atoms with Crippen LogP contribution in [-0.2, 0) is 27.9 Å². The molecule has 0 saturated carbocycles. The van der Waals surface area contributed by atoms with E-state index in [9.17, 15) is 13.2 Å². The highest BCUT2D eigenvalue weighted by atomic mass is 32.2. The Morgan fingerprint density at radius 1 is 1.16 bits per heavy atom. The fourth-order valence-corrected chi connectivity index (χ4v) is 4.10. The average molecular weight is 476 g/mol. The maximum Gasteiger partial charge on any atom is 0.242 e. The van der Waals surface area contributed by atoms with E-state index in [1.54, 1.807) is 23.8 Å². The van der Waals surface area contributed by atoms with Crippen molar-refractivity contribution in [2.75, 3.05) is 21.2 Å². The van der Waals surface area contributed by atoms with Crippen molar-refractivity contribution >= 4 is 28.1 Å². The van der Waals surface area contributed by atoms with Crippen LogP contribution in [0.15, 0.2) is 53.4 Å². The molecule has 170 valence electrons. The Kier molecular flexibility index (Phi) is 7.44. The largest absolute Gasteiger partial charge is 0.497 e. The van der Waals surface area contributed by atoms with Gasteiger partial charge in [0.05, 0.1) is 12.0 Å². The van der Waals surface area contributed by atoms with Crippen molar-refractivity contribution in [3.8, 4) is 17.1 Å². The predicted molar refractivity (Wildman–Crippen MR) is 123 cm³/mol. The van der Waals surface area contributed by atoms with Gasteiger partial charge in [0, 0.05) is 39.2 Å². The van der Waals surface area contributed by atoms with Gasteiger partial charge in [-0.15, -0.1) is 0 Å². The zero-order valence-electron chi connectivity index (χ0n) is 18.0. The molecule has 32 heavy (non-hydrogen) atoms. The fourth-order valence-electron chi connectivity index (χ4n) is 2.98. The number of ether oxygens (including phenoxy) is 1. The Labute approximate surface area is 192 Å². The Morgan fingerprint density at radius 3 is 2.41 bits per heavy atom. The van der Waals surface area contributed by atoms with Gasteiger partial charge in [-0.3, -0.25) is 14.5 Å². The maximum atomic E-state index is 12.4. The third-order valence-corrected chi connectivity index (χ3v) is 7.00. The molecule has 0 spiro atoms. The normalized spacial score (nSPS) is 11.5.